The molecular formula is C21H26O3. The fourth-order valence-electron chi connectivity index (χ4n) is 4.52. The maximum Gasteiger partial charge on any atom is 0.315 e. The molecule has 1 aromatic carbocycles. The number of benzene rings is 1. The van der Waals surface area contributed by atoms with Crippen LogP contribution in [0.15, 0.2) is 29.8 Å². The Hall–Kier alpha value is -1.90. The molecule has 0 unspecified atom stereocenters. The van der Waals surface area contributed by atoms with E-state index in [9.17, 15) is 9.59 Å². The quantitative estimate of drug-likeness (QED) is 0.749. The van der Waals surface area contributed by atoms with E-state index in [0.717, 1.165) is 36.0 Å². The second-order valence-electron chi connectivity index (χ2n) is 7.89. The Morgan fingerprint density at radius 3 is 2.54 bits per heavy atom. The van der Waals surface area contributed by atoms with Crippen molar-refractivity contribution in [2.45, 2.75) is 58.3 Å². The summed E-state index contributed by atoms with van der Waals surface area (Å²) in [7, 11) is 1.42. The van der Waals surface area contributed by atoms with E-state index in [0.29, 0.717) is 5.92 Å². The summed E-state index contributed by atoms with van der Waals surface area (Å²) in [5.41, 5.74) is 2.95. The van der Waals surface area contributed by atoms with E-state index in [2.05, 4.69) is 32.9 Å². The zero-order valence-electron chi connectivity index (χ0n) is 15.2. The minimum Gasteiger partial charge on any atom is -0.468 e. The van der Waals surface area contributed by atoms with Crippen molar-refractivity contribution >= 4 is 11.8 Å². The number of hydrogen-bond acceptors (Lipinski definition) is 3. The van der Waals surface area contributed by atoms with Gasteiger partial charge in [-0.1, -0.05) is 39.3 Å². The van der Waals surface area contributed by atoms with Gasteiger partial charge in [0.15, 0.2) is 5.78 Å². The molecule has 0 bridgehead atoms. The Morgan fingerprint density at radius 1 is 1.21 bits per heavy atom. The van der Waals surface area contributed by atoms with Gasteiger partial charge in [-0.3, -0.25) is 9.59 Å². The molecule has 128 valence electrons. The van der Waals surface area contributed by atoms with Crippen LogP contribution >= 0.6 is 0 Å². The van der Waals surface area contributed by atoms with Gasteiger partial charge < -0.3 is 4.74 Å². The van der Waals surface area contributed by atoms with Gasteiger partial charge in [0.25, 0.3) is 0 Å². The summed E-state index contributed by atoms with van der Waals surface area (Å²) >= 11 is 0. The summed E-state index contributed by atoms with van der Waals surface area (Å²) < 4.78 is 5.07. The first-order valence-electron chi connectivity index (χ1n) is 8.74. The summed E-state index contributed by atoms with van der Waals surface area (Å²) in [4.78, 5) is 25.3. The second-order valence-corrected chi connectivity index (χ2v) is 7.89. The van der Waals surface area contributed by atoms with Crippen LogP contribution in [-0.2, 0) is 14.9 Å². The first kappa shape index (κ1) is 16.9. The lowest BCUT2D eigenvalue weighted by atomic mass is 9.54. The fraction of sp³-hybridized carbons (Fsp3) is 0.524. The molecule has 2 atom stereocenters. The first-order chi connectivity index (χ1) is 11.2. The number of carbonyl (C=O) groups is 2. The average molecular weight is 326 g/mol. The molecule has 1 fully saturated rings. The van der Waals surface area contributed by atoms with Crippen molar-refractivity contribution in [3.05, 3.63) is 46.5 Å². The van der Waals surface area contributed by atoms with Crippen LogP contribution in [0.4, 0.5) is 0 Å². The van der Waals surface area contributed by atoms with E-state index in [1.54, 1.807) is 6.08 Å². The number of ether oxygens (including phenoxy) is 1. The lowest BCUT2D eigenvalue weighted by Crippen LogP contribution is -2.46. The highest BCUT2D eigenvalue weighted by molar-refractivity contribution is 6.09. The van der Waals surface area contributed by atoms with E-state index in [4.69, 9.17) is 4.74 Å². The number of ketones is 1. The molecule has 0 aliphatic heterocycles. The standard InChI is InChI=1S/C21H26O3/c1-13(2)14-7-8-16-15(11-14)17(22)12-18-20(16,3)9-6-10-21(18,4)19(23)24-5/h7-8,11-13H,6,9-10H2,1-5H3/t20-,21-/m1/s1. The van der Waals surface area contributed by atoms with Gasteiger partial charge >= 0.3 is 5.97 Å². The maximum atomic E-state index is 12.8. The Kier molecular flexibility index (Phi) is 3.94. The Morgan fingerprint density at radius 2 is 1.92 bits per heavy atom. The fourth-order valence-corrected chi connectivity index (χ4v) is 4.52. The number of carbonyl (C=O) groups excluding carboxylic acids is 2. The lowest BCUT2D eigenvalue weighted by Gasteiger charge is -2.48. The van der Waals surface area contributed by atoms with Crippen LogP contribution in [0.25, 0.3) is 0 Å². The van der Waals surface area contributed by atoms with Crippen molar-refractivity contribution < 1.29 is 14.3 Å². The molecular weight excluding hydrogens is 300 g/mol. The highest BCUT2D eigenvalue weighted by Crippen LogP contribution is 2.55. The summed E-state index contributed by atoms with van der Waals surface area (Å²) in [6.45, 7) is 8.35. The van der Waals surface area contributed by atoms with Crippen LogP contribution in [-0.4, -0.2) is 18.9 Å². The number of hydrogen-bond donors (Lipinski definition) is 0. The van der Waals surface area contributed by atoms with Crippen molar-refractivity contribution in [3.8, 4) is 0 Å². The van der Waals surface area contributed by atoms with Gasteiger partial charge in [0, 0.05) is 11.0 Å². The maximum absolute atomic E-state index is 12.8. The predicted molar refractivity (Wildman–Crippen MR) is 94.3 cm³/mol. The second kappa shape index (κ2) is 5.58. The molecule has 0 heterocycles. The molecule has 24 heavy (non-hydrogen) atoms. The molecule has 0 N–H and O–H groups in total. The van der Waals surface area contributed by atoms with E-state index in [1.807, 2.05) is 13.0 Å². The zero-order chi connectivity index (χ0) is 17.7. The van der Waals surface area contributed by atoms with Crippen molar-refractivity contribution in [2.75, 3.05) is 7.11 Å². The third kappa shape index (κ3) is 2.25. The van der Waals surface area contributed by atoms with E-state index >= 15 is 0 Å². The molecule has 0 aromatic heterocycles. The topological polar surface area (TPSA) is 43.4 Å². The number of allylic oxidation sites excluding steroid dienone is 1. The third-order valence-corrected chi connectivity index (χ3v) is 6.02. The van der Waals surface area contributed by atoms with Gasteiger partial charge in [-0.15, -0.1) is 0 Å². The molecule has 0 saturated heterocycles. The van der Waals surface area contributed by atoms with Gasteiger partial charge in [0.05, 0.1) is 12.5 Å². The lowest BCUT2D eigenvalue weighted by molar-refractivity contribution is -0.151. The average Bonchev–Trinajstić information content (AvgIpc) is 2.56. The smallest absolute Gasteiger partial charge is 0.315 e. The largest absolute Gasteiger partial charge is 0.468 e. The third-order valence-electron chi connectivity index (χ3n) is 6.02. The van der Waals surface area contributed by atoms with Crippen LogP contribution in [0.3, 0.4) is 0 Å². The van der Waals surface area contributed by atoms with Crippen LogP contribution in [0, 0.1) is 5.41 Å². The van der Waals surface area contributed by atoms with Gasteiger partial charge in [-0.2, -0.15) is 0 Å². The number of fused-ring (bicyclic) bond motifs is 3. The van der Waals surface area contributed by atoms with Crippen molar-refractivity contribution in [1.29, 1.82) is 0 Å². The van der Waals surface area contributed by atoms with Gasteiger partial charge in [-0.25, -0.2) is 0 Å². The summed E-state index contributed by atoms with van der Waals surface area (Å²) in [6.07, 6.45) is 4.34. The van der Waals surface area contributed by atoms with Gasteiger partial charge in [0.1, 0.15) is 0 Å². The zero-order valence-corrected chi connectivity index (χ0v) is 15.2. The summed E-state index contributed by atoms with van der Waals surface area (Å²) in [5, 5.41) is 0. The molecule has 0 amide bonds. The van der Waals surface area contributed by atoms with E-state index in [1.165, 1.54) is 12.7 Å². The highest BCUT2D eigenvalue weighted by atomic mass is 16.5. The van der Waals surface area contributed by atoms with Crippen molar-refractivity contribution in [2.24, 2.45) is 5.41 Å². The number of methoxy groups -OCH3 is 1. The van der Waals surface area contributed by atoms with E-state index in [-0.39, 0.29) is 17.2 Å². The summed E-state index contributed by atoms with van der Waals surface area (Å²) in [5.74, 6) is 0.153. The monoisotopic (exact) mass is 326 g/mol. The van der Waals surface area contributed by atoms with Crippen molar-refractivity contribution in [1.82, 2.24) is 0 Å². The SMILES string of the molecule is COC(=O)[C@]1(C)CCC[C@@]2(C)C1=CC(=O)c1cc(C(C)C)ccc12. The van der Waals surface area contributed by atoms with Crippen molar-refractivity contribution in [3.63, 3.8) is 0 Å². The molecule has 0 radical (unpaired) electrons. The minimum absolute atomic E-state index is 0.0111. The predicted octanol–water partition coefficient (Wildman–Crippen LogP) is 4.55. The van der Waals surface area contributed by atoms with Crippen LogP contribution in [0.5, 0.6) is 0 Å². The van der Waals surface area contributed by atoms with Crippen LogP contribution in [0.2, 0.25) is 0 Å². The molecule has 2 aliphatic rings. The summed E-state index contributed by atoms with van der Waals surface area (Å²) in [6, 6.07) is 6.25. The number of rotatable bonds is 2. The molecule has 2 aliphatic carbocycles. The van der Waals surface area contributed by atoms with Crippen LogP contribution < -0.4 is 0 Å². The van der Waals surface area contributed by atoms with Gasteiger partial charge in [0.2, 0.25) is 0 Å². The number of esters is 1. The Bertz CT molecular complexity index is 743. The van der Waals surface area contributed by atoms with E-state index < -0.39 is 5.41 Å². The molecule has 1 aromatic rings. The molecule has 0 spiro atoms. The Labute approximate surface area is 144 Å². The highest BCUT2D eigenvalue weighted by Gasteiger charge is 2.52. The molecule has 1 saturated carbocycles. The van der Waals surface area contributed by atoms with Gasteiger partial charge in [-0.05, 0) is 54.5 Å². The Balaban J connectivity index is 2.19. The molecule has 3 rings (SSSR count). The normalized spacial score (nSPS) is 28.9. The van der Waals surface area contributed by atoms with Crippen LogP contribution in [0.1, 0.15) is 74.4 Å². The molecule has 3 heteroatoms. The minimum atomic E-state index is -0.716. The first-order valence-corrected chi connectivity index (χ1v) is 8.74. The molecule has 3 nitrogen and oxygen atoms in total.